The molecule has 0 radical (unpaired) electrons. The van der Waals surface area contributed by atoms with Crippen LogP contribution < -0.4 is 5.32 Å². The Morgan fingerprint density at radius 3 is 3.00 bits per heavy atom. The van der Waals surface area contributed by atoms with Crippen LogP contribution in [0, 0.1) is 11.8 Å². The Morgan fingerprint density at radius 1 is 1.37 bits per heavy atom. The van der Waals surface area contributed by atoms with Gasteiger partial charge in [-0.1, -0.05) is 0 Å². The van der Waals surface area contributed by atoms with E-state index in [-0.39, 0.29) is 5.91 Å². The van der Waals surface area contributed by atoms with Crippen LogP contribution in [0.4, 0.5) is 0 Å². The van der Waals surface area contributed by atoms with Crippen molar-refractivity contribution >= 4 is 5.91 Å². The van der Waals surface area contributed by atoms with Gasteiger partial charge in [0, 0.05) is 44.5 Å². The van der Waals surface area contributed by atoms with Gasteiger partial charge in [-0.2, -0.15) is 0 Å². The van der Waals surface area contributed by atoms with E-state index in [1.165, 1.54) is 18.5 Å². The second-order valence-electron chi connectivity index (χ2n) is 6.17. The lowest BCUT2D eigenvalue weighted by molar-refractivity contribution is -0.122. The second-order valence-corrected chi connectivity index (χ2v) is 6.17. The molecule has 2 aliphatic rings. The number of rotatable bonds is 4. The molecule has 0 bridgehead atoms. The molecule has 19 heavy (non-hydrogen) atoms. The minimum Gasteiger partial charge on any atom is -0.356 e. The summed E-state index contributed by atoms with van der Waals surface area (Å²) in [6.07, 6.45) is 5.36. The molecule has 1 saturated carbocycles. The van der Waals surface area contributed by atoms with Crippen molar-refractivity contribution in [1.29, 1.82) is 0 Å². The first-order valence-corrected chi connectivity index (χ1v) is 7.30. The molecule has 0 unspecified atom stereocenters. The molecule has 104 valence electrons. The Hall–Kier alpha value is -1.29. The van der Waals surface area contributed by atoms with Gasteiger partial charge in [-0.25, -0.2) is 0 Å². The summed E-state index contributed by atoms with van der Waals surface area (Å²) in [7, 11) is 2.14. The average Bonchev–Trinajstić information content (AvgIpc) is 3.11. The first kappa shape index (κ1) is 12.7. The Labute approximate surface area is 114 Å². The molecule has 0 saturated heterocycles. The number of hydrogen-bond donors (Lipinski definition) is 1. The summed E-state index contributed by atoms with van der Waals surface area (Å²) in [5, 5.41) is 3.08. The molecular weight excluding hydrogens is 238 g/mol. The highest BCUT2D eigenvalue weighted by Gasteiger charge is 2.24. The molecule has 0 aromatic carbocycles. The third-order valence-corrected chi connectivity index (χ3v) is 4.14. The van der Waals surface area contributed by atoms with Crippen LogP contribution in [0.1, 0.15) is 25.0 Å². The molecule has 1 aliphatic carbocycles. The van der Waals surface area contributed by atoms with E-state index in [2.05, 4.69) is 40.2 Å². The van der Waals surface area contributed by atoms with Gasteiger partial charge < -0.3 is 14.8 Å². The Bertz CT molecular complexity index is 450. The van der Waals surface area contributed by atoms with Gasteiger partial charge in [0.2, 0.25) is 5.91 Å². The fourth-order valence-electron chi connectivity index (χ4n) is 2.93. The summed E-state index contributed by atoms with van der Waals surface area (Å²) in [5.74, 6) is 1.40. The molecule has 1 aromatic heterocycles. The van der Waals surface area contributed by atoms with E-state index in [9.17, 15) is 4.79 Å². The number of fused-ring (bicyclic) bond motifs is 1. The zero-order chi connectivity index (χ0) is 13.2. The number of hydrogen-bond acceptors (Lipinski definition) is 2. The molecule has 1 aliphatic heterocycles. The number of carbonyl (C=O) groups excluding carboxylic acids is 1. The van der Waals surface area contributed by atoms with E-state index in [0.29, 0.717) is 12.3 Å². The first-order chi connectivity index (χ1) is 9.20. The highest BCUT2D eigenvalue weighted by molar-refractivity contribution is 5.76. The van der Waals surface area contributed by atoms with Gasteiger partial charge >= 0.3 is 0 Å². The topological polar surface area (TPSA) is 37.3 Å². The van der Waals surface area contributed by atoms with Crippen molar-refractivity contribution < 1.29 is 4.79 Å². The Balaban J connectivity index is 1.56. The summed E-state index contributed by atoms with van der Waals surface area (Å²) in [4.78, 5) is 14.3. The summed E-state index contributed by atoms with van der Waals surface area (Å²) >= 11 is 0. The van der Waals surface area contributed by atoms with E-state index in [1.54, 1.807) is 0 Å². The fourth-order valence-corrected chi connectivity index (χ4v) is 2.93. The predicted octanol–water partition coefficient (Wildman–Crippen LogP) is 1.47. The van der Waals surface area contributed by atoms with E-state index in [4.69, 9.17) is 0 Å². The minimum absolute atomic E-state index is 0.223. The normalized spacial score (nSPS) is 23.7. The van der Waals surface area contributed by atoms with Crippen molar-refractivity contribution in [3.8, 4) is 0 Å². The quantitative estimate of drug-likeness (QED) is 0.891. The van der Waals surface area contributed by atoms with Gasteiger partial charge in [0.15, 0.2) is 0 Å². The maximum Gasteiger partial charge on any atom is 0.220 e. The van der Waals surface area contributed by atoms with Crippen molar-refractivity contribution in [3.05, 3.63) is 24.0 Å². The van der Waals surface area contributed by atoms with Crippen molar-refractivity contribution in [2.45, 2.75) is 32.4 Å². The zero-order valence-electron chi connectivity index (χ0n) is 11.6. The molecule has 2 heterocycles. The van der Waals surface area contributed by atoms with Crippen LogP contribution in [0.25, 0.3) is 0 Å². The second kappa shape index (κ2) is 5.37. The van der Waals surface area contributed by atoms with Crippen LogP contribution in [-0.4, -0.2) is 35.5 Å². The first-order valence-electron chi connectivity index (χ1n) is 7.30. The monoisotopic (exact) mass is 261 g/mol. The van der Waals surface area contributed by atoms with Crippen molar-refractivity contribution in [1.82, 2.24) is 14.8 Å². The van der Waals surface area contributed by atoms with Gasteiger partial charge in [-0.05, 0) is 43.9 Å². The number of nitrogens with one attached hydrogen (secondary N) is 1. The SMILES string of the molecule is CN1Cc2cccn2C[C@H](CC(=O)NCC2CC2)C1. The lowest BCUT2D eigenvalue weighted by atomic mass is 10.0. The van der Waals surface area contributed by atoms with E-state index in [0.717, 1.165) is 32.1 Å². The number of nitrogens with zero attached hydrogens (tertiary/aromatic N) is 2. The molecule has 1 amide bonds. The fraction of sp³-hybridized carbons (Fsp3) is 0.667. The smallest absolute Gasteiger partial charge is 0.220 e. The lowest BCUT2D eigenvalue weighted by Crippen LogP contribution is -2.32. The molecule has 1 aromatic rings. The van der Waals surface area contributed by atoms with Crippen LogP contribution in [0.2, 0.25) is 0 Å². The summed E-state index contributed by atoms with van der Waals surface area (Å²) < 4.78 is 2.29. The summed E-state index contributed by atoms with van der Waals surface area (Å²) in [6, 6.07) is 4.27. The molecule has 1 atom stereocenters. The van der Waals surface area contributed by atoms with Gasteiger partial charge in [-0.3, -0.25) is 4.79 Å². The lowest BCUT2D eigenvalue weighted by Gasteiger charge is -2.19. The van der Waals surface area contributed by atoms with Crippen LogP contribution in [0.15, 0.2) is 18.3 Å². The van der Waals surface area contributed by atoms with Gasteiger partial charge in [0.05, 0.1) is 0 Å². The maximum absolute atomic E-state index is 12.0. The number of amides is 1. The predicted molar refractivity (Wildman–Crippen MR) is 74.6 cm³/mol. The Kier molecular flexibility index (Phi) is 3.60. The van der Waals surface area contributed by atoms with E-state index < -0.39 is 0 Å². The molecule has 3 rings (SSSR count). The molecule has 1 fully saturated rings. The standard InChI is InChI=1S/C15H23N3O/c1-17-9-13(7-15(19)16-8-12-4-5-12)10-18-6-2-3-14(18)11-17/h2-3,6,12-13H,4-5,7-11H2,1H3,(H,16,19)/t13-/m1/s1. The number of aromatic nitrogens is 1. The van der Waals surface area contributed by atoms with E-state index >= 15 is 0 Å². The molecule has 1 N–H and O–H groups in total. The minimum atomic E-state index is 0.223. The average molecular weight is 261 g/mol. The highest BCUT2D eigenvalue weighted by Crippen LogP contribution is 2.27. The summed E-state index contributed by atoms with van der Waals surface area (Å²) in [6.45, 7) is 3.82. The number of carbonyl (C=O) groups is 1. The van der Waals surface area contributed by atoms with Crippen molar-refractivity contribution in [3.63, 3.8) is 0 Å². The van der Waals surface area contributed by atoms with Gasteiger partial charge in [0.25, 0.3) is 0 Å². The van der Waals surface area contributed by atoms with Crippen molar-refractivity contribution in [2.24, 2.45) is 11.8 Å². The third kappa shape index (κ3) is 3.38. The van der Waals surface area contributed by atoms with Gasteiger partial charge in [-0.15, -0.1) is 0 Å². The third-order valence-electron chi connectivity index (χ3n) is 4.14. The zero-order valence-corrected chi connectivity index (χ0v) is 11.6. The molecular formula is C15H23N3O. The highest BCUT2D eigenvalue weighted by atomic mass is 16.1. The largest absolute Gasteiger partial charge is 0.356 e. The van der Waals surface area contributed by atoms with Gasteiger partial charge in [0.1, 0.15) is 0 Å². The van der Waals surface area contributed by atoms with Crippen LogP contribution in [-0.2, 0) is 17.9 Å². The van der Waals surface area contributed by atoms with Crippen LogP contribution in [0.3, 0.4) is 0 Å². The van der Waals surface area contributed by atoms with E-state index in [1.807, 2.05) is 0 Å². The molecule has 0 spiro atoms. The van der Waals surface area contributed by atoms with Crippen molar-refractivity contribution in [2.75, 3.05) is 20.1 Å². The summed E-state index contributed by atoms with van der Waals surface area (Å²) in [5.41, 5.74) is 1.35. The Morgan fingerprint density at radius 2 is 2.21 bits per heavy atom. The molecule has 4 heteroatoms. The van der Waals surface area contributed by atoms with Crippen LogP contribution in [0.5, 0.6) is 0 Å². The van der Waals surface area contributed by atoms with Crippen LogP contribution >= 0.6 is 0 Å². The molecule has 4 nitrogen and oxygen atoms in total. The maximum atomic E-state index is 12.0.